The molecule has 0 spiro atoms. The highest BCUT2D eigenvalue weighted by Crippen LogP contribution is 2.39. The van der Waals surface area contributed by atoms with Crippen LogP contribution in [0.5, 0.6) is 23.0 Å². The van der Waals surface area contributed by atoms with Gasteiger partial charge in [-0.3, -0.25) is 4.79 Å². The highest BCUT2D eigenvalue weighted by Gasteiger charge is 2.32. The Bertz CT molecular complexity index is 974. The van der Waals surface area contributed by atoms with Crippen LogP contribution in [0.2, 0.25) is 0 Å². The average molecular weight is 410 g/mol. The van der Waals surface area contributed by atoms with E-state index in [9.17, 15) is 9.90 Å². The van der Waals surface area contributed by atoms with Crippen molar-refractivity contribution < 1.29 is 29.0 Å². The average Bonchev–Trinajstić information content (AvgIpc) is 2.92. The number of ether oxygens (including phenoxy) is 3. The van der Waals surface area contributed by atoms with Crippen molar-refractivity contribution in [3.63, 3.8) is 0 Å². The molecule has 2 aromatic rings. The fourth-order valence-electron chi connectivity index (χ4n) is 4.22. The summed E-state index contributed by atoms with van der Waals surface area (Å²) in [5.74, 6) is 1.95. The van der Waals surface area contributed by atoms with Crippen LogP contribution in [0, 0.1) is 0 Å². The van der Waals surface area contributed by atoms with Crippen molar-refractivity contribution in [3.05, 3.63) is 52.8 Å². The molecule has 0 aliphatic carbocycles. The summed E-state index contributed by atoms with van der Waals surface area (Å²) in [6.45, 7) is 2.81. The molecule has 0 unspecified atom stereocenters. The first kappa shape index (κ1) is 20.3. The summed E-state index contributed by atoms with van der Waals surface area (Å²) >= 11 is 0. The maximum atomic E-state index is 13.0. The second kappa shape index (κ2) is 8.79. The first-order chi connectivity index (χ1) is 14.6. The van der Waals surface area contributed by atoms with Crippen LogP contribution < -0.4 is 19.1 Å². The molecule has 2 heterocycles. The van der Waals surface area contributed by atoms with Crippen molar-refractivity contribution in [3.8, 4) is 23.0 Å². The van der Waals surface area contributed by atoms with Crippen molar-refractivity contribution in [1.82, 2.24) is 0 Å². The highest BCUT2D eigenvalue weighted by molar-refractivity contribution is 6.15. The standard InChI is InChI=1S/C24H27NO5/c1-28-20-10-7-16(13-21(20)29-2)14-22-23(27)17-8-9-19(26)18(24(17)30-22)15-25-11-5-3-4-6-12-25/h7-10,13-14,26H,3-6,11-12,15H2,1-2H3/p+1/b22-14-. The minimum Gasteiger partial charge on any atom is -0.507 e. The van der Waals surface area contributed by atoms with Gasteiger partial charge in [0.15, 0.2) is 23.0 Å². The Kier molecular flexibility index (Phi) is 5.95. The number of fused-ring (bicyclic) bond motifs is 1. The van der Waals surface area contributed by atoms with Crippen LogP contribution in [0.4, 0.5) is 0 Å². The topological polar surface area (TPSA) is 69.4 Å². The monoisotopic (exact) mass is 410 g/mol. The zero-order valence-electron chi connectivity index (χ0n) is 17.5. The van der Waals surface area contributed by atoms with Crippen LogP contribution >= 0.6 is 0 Å². The third kappa shape index (κ3) is 4.00. The normalized spacial score (nSPS) is 18.1. The number of Topliss-reactive ketones (excluding diaryl/α,β-unsaturated/α-hetero) is 1. The van der Waals surface area contributed by atoms with Crippen molar-refractivity contribution in [1.29, 1.82) is 0 Å². The summed E-state index contributed by atoms with van der Waals surface area (Å²) in [6.07, 6.45) is 6.60. The number of quaternary nitrogens is 1. The molecule has 0 aromatic heterocycles. The number of phenolic OH excluding ortho intramolecular Hbond substituents is 1. The molecule has 4 rings (SSSR count). The Hall–Kier alpha value is -2.99. The van der Waals surface area contributed by atoms with Gasteiger partial charge in [0.05, 0.1) is 38.4 Å². The molecule has 6 nitrogen and oxygen atoms in total. The molecule has 2 aliphatic heterocycles. The van der Waals surface area contributed by atoms with Gasteiger partial charge in [0.2, 0.25) is 5.78 Å². The summed E-state index contributed by atoms with van der Waals surface area (Å²) in [5, 5.41) is 10.5. The van der Waals surface area contributed by atoms with Crippen LogP contribution in [0.15, 0.2) is 36.1 Å². The van der Waals surface area contributed by atoms with Crippen LogP contribution in [-0.2, 0) is 6.54 Å². The first-order valence-corrected chi connectivity index (χ1v) is 10.5. The van der Waals surface area contributed by atoms with Crippen molar-refractivity contribution in [2.24, 2.45) is 0 Å². The second-order valence-electron chi connectivity index (χ2n) is 7.84. The number of hydrogen-bond acceptors (Lipinski definition) is 5. The SMILES string of the molecule is COc1ccc(/C=C2\Oc3c(ccc(O)c3C[NH+]3CCCCCC3)C2=O)cc1OC. The van der Waals surface area contributed by atoms with Crippen molar-refractivity contribution >= 4 is 11.9 Å². The molecular weight excluding hydrogens is 382 g/mol. The number of methoxy groups -OCH3 is 2. The Morgan fingerprint density at radius 3 is 2.47 bits per heavy atom. The van der Waals surface area contributed by atoms with Gasteiger partial charge in [-0.15, -0.1) is 0 Å². The van der Waals surface area contributed by atoms with Crippen LogP contribution in [0.25, 0.3) is 6.08 Å². The fraction of sp³-hybridized carbons (Fsp3) is 0.375. The van der Waals surface area contributed by atoms with Gasteiger partial charge in [0.25, 0.3) is 0 Å². The summed E-state index contributed by atoms with van der Waals surface area (Å²) in [5.41, 5.74) is 1.99. The molecule has 0 amide bonds. The lowest BCUT2D eigenvalue weighted by Gasteiger charge is -2.19. The number of rotatable bonds is 5. The van der Waals surface area contributed by atoms with E-state index in [1.54, 1.807) is 44.6 Å². The van der Waals surface area contributed by atoms with Crippen LogP contribution in [-0.4, -0.2) is 38.2 Å². The lowest BCUT2D eigenvalue weighted by molar-refractivity contribution is -0.913. The molecule has 30 heavy (non-hydrogen) atoms. The molecule has 0 atom stereocenters. The zero-order chi connectivity index (χ0) is 21.1. The van der Waals surface area contributed by atoms with Gasteiger partial charge in [0, 0.05) is 0 Å². The molecule has 2 N–H and O–H groups in total. The largest absolute Gasteiger partial charge is 0.507 e. The number of aromatic hydroxyl groups is 1. The number of carbonyl (C=O) groups excluding carboxylic acids is 1. The molecular formula is C24H28NO5+. The predicted octanol–water partition coefficient (Wildman–Crippen LogP) is 2.98. The number of carbonyl (C=O) groups is 1. The number of hydrogen-bond donors (Lipinski definition) is 2. The van der Waals surface area contributed by atoms with Gasteiger partial charge in [-0.05, 0) is 61.6 Å². The Morgan fingerprint density at radius 2 is 1.77 bits per heavy atom. The number of allylic oxidation sites excluding steroid dienone is 1. The summed E-state index contributed by atoms with van der Waals surface area (Å²) in [4.78, 5) is 14.4. The van der Waals surface area contributed by atoms with Crippen LogP contribution in [0.3, 0.4) is 0 Å². The number of nitrogens with one attached hydrogen (secondary N) is 1. The van der Waals surface area contributed by atoms with E-state index in [0.717, 1.165) is 18.7 Å². The lowest BCUT2D eigenvalue weighted by Crippen LogP contribution is -3.10. The van der Waals surface area contributed by atoms with E-state index < -0.39 is 0 Å². The number of phenols is 1. The minimum absolute atomic E-state index is 0.174. The predicted molar refractivity (Wildman–Crippen MR) is 113 cm³/mol. The lowest BCUT2D eigenvalue weighted by atomic mass is 10.0. The molecule has 158 valence electrons. The van der Waals surface area contributed by atoms with Crippen molar-refractivity contribution in [2.75, 3.05) is 27.3 Å². The third-order valence-corrected chi connectivity index (χ3v) is 5.86. The molecule has 6 heteroatoms. The molecule has 2 aliphatic rings. The van der Waals surface area contributed by atoms with Gasteiger partial charge < -0.3 is 24.2 Å². The quantitative estimate of drug-likeness (QED) is 0.742. The number of benzene rings is 2. The highest BCUT2D eigenvalue weighted by atomic mass is 16.5. The van der Waals surface area contributed by atoms with E-state index in [1.807, 2.05) is 6.07 Å². The smallest absolute Gasteiger partial charge is 0.231 e. The van der Waals surface area contributed by atoms with E-state index >= 15 is 0 Å². The van der Waals surface area contributed by atoms with Crippen LogP contribution in [0.1, 0.15) is 47.2 Å². The molecule has 1 fully saturated rings. The molecule has 1 saturated heterocycles. The summed E-state index contributed by atoms with van der Waals surface area (Å²) in [6, 6.07) is 8.67. The molecule has 2 aromatic carbocycles. The summed E-state index contributed by atoms with van der Waals surface area (Å²) in [7, 11) is 3.15. The van der Waals surface area contributed by atoms with E-state index in [2.05, 4.69) is 0 Å². The van der Waals surface area contributed by atoms with Gasteiger partial charge in [-0.1, -0.05) is 6.07 Å². The van der Waals surface area contributed by atoms with E-state index in [0.29, 0.717) is 34.9 Å². The van der Waals surface area contributed by atoms with Crippen molar-refractivity contribution in [2.45, 2.75) is 32.2 Å². The minimum atomic E-state index is -0.174. The Balaban J connectivity index is 1.63. The third-order valence-electron chi connectivity index (χ3n) is 5.86. The Morgan fingerprint density at radius 1 is 1.03 bits per heavy atom. The van der Waals surface area contributed by atoms with E-state index in [4.69, 9.17) is 14.2 Å². The fourth-order valence-corrected chi connectivity index (χ4v) is 4.22. The summed E-state index contributed by atoms with van der Waals surface area (Å²) < 4.78 is 16.6. The van der Waals surface area contributed by atoms with E-state index in [1.165, 1.54) is 30.6 Å². The molecule has 0 bridgehead atoms. The second-order valence-corrected chi connectivity index (χ2v) is 7.84. The number of ketones is 1. The van der Waals surface area contributed by atoms with E-state index in [-0.39, 0.29) is 17.3 Å². The van der Waals surface area contributed by atoms with Gasteiger partial charge in [0.1, 0.15) is 12.3 Å². The molecule has 0 saturated carbocycles. The van der Waals surface area contributed by atoms with Gasteiger partial charge in [-0.2, -0.15) is 0 Å². The number of likely N-dealkylation sites (tertiary alicyclic amines) is 1. The zero-order valence-corrected chi connectivity index (χ0v) is 17.5. The first-order valence-electron chi connectivity index (χ1n) is 10.5. The Labute approximate surface area is 176 Å². The van der Waals surface area contributed by atoms with Gasteiger partial charge in [-0.25, -0.2) is 0 Å². The van der Waals surface area contributed by atoms with Gasteiger partial charge >= 0.3 is 0 Å². The maximum absolute atomic E-state index is 13.0. The molecule has 0 radical (unpaired) electrons. The maximum Gasteiger partial charge on any atom is 0.231 e.